The van der Waals surface area contributed by atoms with Crippen LogP contribution in [-0.2, 0) is 23.7 Å². The van der Waals surface area contributed by atoms with E-state index in [0.29, 0.717) is 39.6 Å². The van der Waals surface area contributed by atoms with Crippen LogP contribution >= 0.6 is 0 Å². The van der Waals surface area contributed by atoms with Gasteiger partial charge in [0.2, 0.25) is 0 Å². The number of ether oxygens (including phenoxy) is 5. The largest absolute Gasteiger partial charge is 0.394 e. The number of rotatable bonds is 14. The van der Waals surface area contributed by atoms with E-state index < -0.39 is 0 Å². The van der Waals surface area contributed by atoms with Crippen LogP contribution in [0.1, 0.15) is 0 Å². The molecule has 0 rings (SSSR count). The molecule has 0 aromatic rings. The minimum absolute atomic E-state index is 0.0166. The van der Waals surface area contributed by atoms with Gasteiger partial charge in [-0.1, -0.05) is 0 Å². The third-order valence-corrected chi connectivity index (χ3v) is 1.55. The second-order valence-corrected chi connectivity index (χ2v) is 2.93. The first-order valence-corrected chi connectivity index (χ1v) is 5.52. The Morgan fingerprint density at radius 2 is 0.882 bits per heavy atom. The number of hydrogen-bond acceptors (Lipinski definition) is 7. The van der Waals surface area contributed by atoms with Gasteiger partial charge < -0.3 is 33.9 Å². The summed E-state index contributed by atoms with van der Waals surface area (Å²) in [7, 11) is 0. The Balaban J connectivity index is 2.85. The lowest BCUT2D eigenvalue weighted by atomic mass is 10.7. The highest BCUT2D eigenvalue weighted by molar-refractivity contribution is 4.29. The van der Waals surface area contributed by atoms with Crippen molar-refractivity contribution >= 4 is 0 Å². The van der Waals surface area contributed by atoms with E-state index in [2.05, 4.69) is 0 Å². The van der Waals surface area contributed by atoms with Crippen LogP contribution in [-0.4, -0.2) is 76.7 Å². The van der Waals surface area contributed by atoms with Crippen LogP contribution in [0, 0.1) is 0 Å². The molecule has 0 fully saturated rings. The molecule has 0 saturated carbocycles. The molecule has 0 atom stereocenters. The van der Waals surface area contributed by atoms with Gasteiger partial charge in [-0.25, -0.2) is 0 Å². The number of aliphatic hydroxyl groups excluding tert-OH is 2. The lowest BCUT2D eigenvalue weighted by Gasteiger charge is -2.07. The van der Waals surface area contributed by atoms with Gasteiger partial charge in [0, 0.05) is 0 Å². The molecule has 104 valence electrons. The van der Waals surface area contributed by atoms with Gasteiger partial charge in [-0.2, -0.15) is 0 Å². The maximum atomic E-state index is 8.41. The van der Waals surface area contributed by atoms with E-state index >= 15 is 0 Å². The Labute approximate surface area is 101 Å². The molecule has 2 N–H and O–H groups in total. The van der Waals surface area contributed by atoms with Gasteiger partial charge in [0.05, 0.1) is 52.9 Å². The Morgan fingerprint density at radius 3 is 1.29 bits per heavy atom. The lowest BCUT2D eigenvalue weighted by Crippen LogP contribution is -2.12. The first-order valence-electron chi connectivity index (χ1n) is 5.52. The van der Waals surface area contributed by atoms with E-state index in [1.807, 2.05) is 0 Å². The van der Waals surface area contributed by atoms with Gasteiger partial charge in [-0.05, 0) is 0 Å². The van der Waals surface area contributed by atoms with Crippen molar-refractivity contribution in [3.05, 3.63) is 0 Å². The summed E-state index contributed by atoms with van der Waals surface area (Å²) in [4.78, 5) is 0. The van der Waals surface area contributed by atoms with Crippen molar-refractivity contribution in [1.82, 2.24) is 0 Å². The SMILES string of the molecule is OCCOCCOCOCOCCOCCO. The predicted molar refractivity (Wildman–Crippen MR) is 58.5 cm³/mol. The van der Waals surface area contributed by atoms with Gasteiger partial charge in [0.15, 0.2) is 0 Å². The Bertz CT molecular complexity index is 120. The second kappa shape index (κ2) is 15.7. The Kier molecular flexibility index (Phi) is 15.5. The molecular formula is C10H22O7. The highest BCUT2D eigenvalue weighted by Crippen LogP contribution is 1.83. The fourth-order valence-electron chi connectivity index (χ4n) is 0.839. The van der Waals surface area contributed by atoms with Crippen molar-refractivity contribution in [3.63, 3.8) is 0 Å². The van der Waals surface area contributed by atoms with Crippen molar-refractivity contribution in [1.29, 1.82) is 0 Å². The first-order chi connectivity index (χ1) is 8.41. The molecule has 0 aliphatic heterocycles. The molecule has 0 aromatic carbocycles. The Morgan fingerprint density at radius 1 is 0.471 bits per heavy atom. The van der Waals surface area contributed by atoms with Crippen molar-refractivity contribution in [3.8, 4) is 0 Å². The molecule has 17 heavy (non-hydrogen) atoms. The summed E-state index contributed by atoms with van der Waals surface area (Å²) in [6, 6.07) is 0. The van der Waals surface area contributed by atoms with Crippen LogP contribution in [0.25, 0.3) is 0 Å². The van der Waals surface area contributed by atoms with E-state index in [4.69, 9.17) is 33.9 Å². The summed E-state index contributed by atoms with van der Waals surface area (Å²) in [6.07, 6.45) is 0. The smallest absolute Gasteiger partial charge is 0.149 e. The minimum Gasteiger partial charge on any atom is -0.394 e. The van der Waals surface area contributed by atoms with Crippen LogP contribution in [0.2, 0.25) is 0 Å². The highest BCUT2D eigenvalue weighted by Gasteiger charge is 1.91. The van der Waals surface area contributed by atoms with Gasteiger partial charge in [-0.3, -0.25) is 0 Å². The lowest BCUT2D eigenvalue weighted by molar-refractivity contribution is -0.141. The molecule has 0 radical (unpaired) electrons. The van der Waals surface area contributed by atoms with Gasteiger partial charge >= 0.3 is 0 Å². The van der Waals surface area contributed by atoms with Crippen LogP contribution in [0.3, 0.4) is 0 Å². The maximum Gasteiger partial charge on any atom is 0.149 e. The summed E-state index contributed by atoms with van der Waals surface area (Å²) >= 11 is 0. The topological polar surface area (TPSA) is 86.6 Å². The molecule has 0 heterocycles. The summed E-state index contributed by atoms with van der Waals surface area (Å²) in [5, 5.41) is 16.8. The number of aliphatic hydroxyl groups is 2. The van der Waals surface area contributed by atoms with Crippen LogP contribution in [0.15, 0.2) is 0 Å². The summed E-state index contributed by atoms with van der Waals surface area (Å²) < 4.78 is 25.0. The van der Waals surface area contributed by atoms with Gasteiger partial charge in [-0.15, -0.1) is 0 Å². The molecule has 0 aromatic heterocycles. The standard InChI is InChI=1S/C10H22O7/c11-1-3-13-5-7-15-9-17-10-16-8-6-14-4-2-12/h11-12H,1-10H2. The van der Waals surface area contributed by atoms with Crippen molar-refractivity contribution in [2.45, 2.75) is 0 Å². The van der Waals surface area contributed by atoms with E-state index in [1.165, 1.54) is 0 Å². The van der Waals surface area contributed by atoms with E-state index in [0.717, 1.165) is 0 Å². The summed E-state index contributed by atoms with van der Waals surface area (Å²) in [5.74, 6) is 0. The predicted octanol–water partition coefficient (Wildman–Crippen LogP) is -1.03. The first kappa shape index (κ1) is 16.7. The zero-order valence-electron chi connectivity index (χ0n) is 10.0. The molecular weight excluding hydrogens is 232 g/mol. The summed E-state index contributed by atoms with van der Waals surface area (Å²) in [6.45, 7) is 2.65. The molecule has 7 heteroatoms. The third-order valence-electron chi connectivity index (χ3n) is 1.55. The van der Waals surface area contributed by atoms with Gasteiger partial charge in [0.1, 0.15) is 13.6 Å². The molecule has 7 nitrogen and oxygen atoms in total. The van der Waals surface area contributed by atoms with Crippen LogP contribution in [0.5, 0.6) is 0 Å². The zero-order valence-corrected chi connectivity index (χ0v) is 10.0. The highest BCUT2D eigenvalue weighted by atomic mass is 16.7. The fraction of sp³-hybridized carbons (Fsp3) is 1.00. The number of hydrogen-bond donors (Lipinski definition) is 2. The molecule has 0 bridgehead atoms. The van der Waals surface area contributed by atoms with Crippen molar-refractivity contribution < 1.29 is 33.9 Å². The van der Waals surface area contributed by atoms with E-state index in [-0.39, 0.29) is 26.8 Å². The molecule has 0 amide bonds. The van der Waals surface area contributed by atoms with Gasteiger partial charge in [0.25, 0.3) is 0 Å². The minimum atomic E-state index is 0.0166. The average Bonchev–Trinajstić information content (AvgIpc) is 2.35. The Hall–Kier alpha value is -0.280. The second-order valence-electron chi connectivity index (χ2n) is 2.93. The zero-order chi connectivity index (χ0) is 12.6. The molecule has 0 unspecified atom stereocenters. The van der Waals surface area contributed by atoms with Crippen LogP contribution < -0.4 is 0 Å². The van der Waals surface area contributed by atoms with Crippen LogP contribution in [0.4, 0.5) is 0 Å². The third kappa shape index (κ3) is 15.7. The average molecular weight is 254 g/mol. The molecule has 0 aliphatic rings. The van der Waals surface area contributed by atoms with E-state index in [1.54, 1.807) is 0 Å². The maximum absolute atomic E-state index is 8.41. The quantitative estimate of drug-likeness (QED) is 0.303. The monoisotopic (exact) mass is 254 g/mol. The summed E-state index contributed by atoms with van der Waals surface area (Å²) in [5.41, 5.74) is 0. The van der Waals surface area contributed by atoms with E-state index in [9.17, 15) is 0 Å². The van der Waals surface area contributed by atoms with Crippen molar-refractivity contribution in [2.24, 2.45) is 0 Å². The normalized spacial score (nSPS) is 10.9. The molecule has 0 spiro atoms. The fourth-order valence-corrected chi connectivity index (χ4v) is 0.839. The van der Waals surface area contributed by atoms with Crippen molar-refractivity contribution in [2.75, 3.05) is 66.4 Å². The molecule has 0 saturated heterocycles. The molecule has 0 aliphatic carbocycles.